The predicted octanol–water partition coefficient (Wildman–Crippen LogP) is 9.51. The highest BCUT2D eigenvalue weighted by atomic mass is 16.4. The minimum atomic E-state index is -1.51. The van der Waals surface area contributed by atoms with Gasteiger partial charge in [0.15, 0.2) is 0 Å². The van der Waals surface area contributed by atoms with Gasteiger partial charge in [-0.1, -0.05) is 109 Å². The van der Waals surface area contributed by atoms with Crippen LogP contribution in [0.1, 0.15) is 11.1 Å². The van der Waals surface area contributed by atoms with E-state index in [2.05, 4.69) is 156 Å². The predicted molar refractivity (Wildman–Crippen MR) is 205 cm³/mol. The van der Waals surface area contributed by atoms with Gasteiger partial charge in [-0.15, -0.1) is 0 Å². The van der Waals surface area contributed by atoms with E-state index in [9.17, 15) is 10.0 Å². The third kappa shape index (κ3) is 4.47. The summed E-state index contributed by atoms with van der Waals surface area (Å²) in [4.78, 5) is 0. The molecular formula is C44H33BN2O2. The highest BCUT2D eigenvalue weighted by molar-refractivity contribution is 6.59. The molecule has 234 valence electrons. The zero-order valence-electron chi connectivity index (χ0n) is 27.3. The van der Waals surface area contributed by atoms with E-state index in [0.29, 0.717) is 5.46 Å². The Labute approximate surface area is 284 Å². The summed E-state index contributed by atoms with van der Waals surface area (Å²) in [7, 11) is -1.51. The molecule has 2 heterocycles. The maximum absolute atomic E-state index is 9.99. The van der Waals surface area contributed by atoms with E-state index >= 15 is 0 Å². The van der Waals surface area contributed by atoms with Crippen molar-refractivity contribution in [2.24, 2.45) is 0 Å². The zero-order valence-corrected chi connectivity index (χ0v) is 27.3. The van der Waals surface area contributed by atoms with Gasteiger partial charge in [0.25, 0.3) is 0 Å². The van der Waals surface area contributed by atoms with Gasteiger partial charge in [-0.3, -0.25) is 0 Å². The molecule has 0 aliphatic carbocycles. The summed E-state index contributed by atoms with van der Waals surface area (Å²) in [6.07, 6.45) is 0. The van der Waals surface area contributed by atoms with Crippen molar-refractivity contribution in [1.29, 1.82) is 0 Å². The molecule has 0 aliphatic heterocycles. The molecule has 0 spiro atoms. The number of aromatic nitrogens is 2. The minimum absolute atomic E-state index is 0.525. The monoisotopic (exact) mass is 632 g/mol. The number of nitrogens with zero attached hydrogens (tertiary/aromatic N) is 2. The first-order valence-electron chi connectivity index (χ1n) is 16.7. The van der Waals surface area contributed by atoms with Gasteiger partial charge < -0.3 is 19.2 Å². The van der Waals surface area contributed by atoms with Gasteiger partial charge in [0.1, 0.15) is 0 Å². The van der Waals surface area contributed by atoms with Crippen molar-refractivity contribution in [2.75, 3.05) is 0 Å². The van der Waals surface area contributed by atoms with Crippen LogP contribution >= 0.6 is 0 Å². The Morgan fingerprint density at radius 3 is 1.61 bits per heavy atom. The van der Waals surface area contributed by atoms with Gasteiger partial charge in [0.2, 0.25) is 0 Å². The SMILES string of the molecule is Cc1c(B(O)O)cccc1-c1cccc(-c2ccc3c(c2)c2ccc4c5ccccc5n(-c5ccccc5)c4c2n3-c2ccccc2)c1C. The Kier molecular flexibility index (Phi) is 6.80. The van der Waals surface area contributed by atoms with Gasteiger partial charge >= 0.3 is 7.12 Å². The van der Waals surface area contributed by atoms with Crippen LogP contribution < -0.4 is 5.46 Å². The molecule has 9 rings (SSSR count). The lowest BCUT2D eigenvalue weighted by atomic mass is 9.75. The average Bonchev–Trinajstić information content (AvgIpc) is 3.65. The lowest BCUT2D eigenvalue weighted by molar-refractivity contribution is 0.425. The van der Waals surface area contributed by atoms with E-state index in [0.717, 1.165) is 50.3 Å². The van der Waals surface area contributed by atoms with Gasteiger partial charge in [-0.2, -0.15) is 0 Å². The second-order valence-corrected chi connectivity index (χ2v) is 12.8. The van der Waals surface area contributed by atoms with Crippen molar-refractivity contribution in [3.05, 3.63) is 163 Å². The van der Waals surface area contributed by atoms with E-state index in [1.807, 2.05) is 13.0 Å². The summed E-state index contributed by atoms with van der Waals surface area (Å²) in [5, 5.41) is 24.8. The molecule has 0 aliphatic rings. The standard InChI is InChI=1S/C44H33BN2O2/c1-28-33(18-11-19-34(28)35-20-12-21-40(29(35)2)45(48)49)30-23-26-42-39(27-30)38-25-24-37-36-17-9-10-22-41(36)46(31-13-5-3-6-14-31)43(37)44(38)47(42)32-15-7-4-8-16-32/h3-27,48-49H,1-2H3. The lowest BCUT2D eigenvalue weighted by Crippen LogP contribution is -2.32. The third-order valence-corrected chi connectivity index (χ3v) is 10.2. The number of para-hydroxylation sites is 3. The summed E-state index contributed by atoms with van der Waals surface area (Å²) in [6, 6.07) is 53.5. The summed E-state index contributed by atoms with van der Waals surface area (Å²) in [6.45, 7) is 4.11. The molecule has 0 unspecified atom stereocenters. The normalized spacial score (nSPS) is 11.7. The van der Waals surface area contributed by atoms with Crippen LogP contribution in [0.25, 0.3) is 77.2 Å². The Bertz CT molecular complexity index is 2710. The molecular weight excluding hydrogens is 599 g/mol. The van der Waals surface area contributed by atoms with Crippen LogP contribution in [0.5, 0.6) is 0 Å². The van der Waals surface area contributed by atoms with Gasteiger partial charge in [0.05, 0.1) is 22.1 Å². The fourth-order valence-corrected chi connectivity index (χ4v) is 7.87. The summed E-state index contributed by atoms with van der Waals surface area (Å²) in [5.41, 5.74) is 13.9. The van der Waals surface area contributed by atoms with E-state index < -0.39 is 7.12 Å². The number of hydrogen-bond acceptors (Lipinski definition) is 2. The fraction of sp³-hybridized carbons (Fsp3) is 0.0455. The van der Waals surface area contributed by atoms with E-state index in [1.54, 1.807) is 6.07 Å². The third-order valence-electron chi connectivity index (χ3n) is 10.2. The highest BCUT2D eigenvalue weighted by Gasteiger charge is 2.22. The van der Waals surface area contributed by atoms with E-state index in [-0.39, 0.29) is 0 Å². The molecule has 0 bridgehead atoms. The van der Waals surface area contributed by atoms with E-state index in [1.165, 1.54) is 38.1 Å². The summed E-state index contributed by atoms with van der Waals surface area (Å²) < 4.78 is 4.84. The van der Waals surface area contributed by atoms with Crippen molar-refractivity contribution in [3.8, 4) is 33.6 Å². The van der Waals surface area contributed by atoms with Gasteiger partial charge in [-0.05, 0) is 95.2 Å². The molecule has 5 heteroatoms. The van der Waals surface area contributed by atoms with Gasteiger partial charge in [0, 0.05) is 32.9 Å². The molecule has 4 nitrogen and oxygen atoms in total. The Morgan fingerprint density at radius 2 is 0.959 bits per heavy atom. The van der Waals surface area contributed by atoms with Crippen molar-refractivity contribution >= 4 is 56.2 Å². The number of rotatable bonds is 5. The Hall–Kier alpha value is -5.88. The highest BCUT2D eigenvalue weighted by Crippen LogP contribution is 2.43. The van der Waals surface area contributed by atoms with Crippen LogP contribution in [-0.4, -0.2) is 26.3 Å². The topological polar surface area (TPSA) is 50.3 Å². The molecule has 0 saturated heterocycles. The van der Waals surface area contributed by atoms with Crippen LogP contribution in [0.2, 0.25) is 0 Å². The second-order valence-electron chi connectivity index (χ2n) is 12.8. The molecule has 0 radical (unpaired) electrons. The Morgan fingerprint density at radius 1 is 0.429 bits per heavy atom. The Balaban J connectivity index is 1.36. The number of benzene rings is 7. The first-order valence-corrected chi connectivity index (χ1v) is 16.7. The van der Waals surface area contributed by atoms with Crippen LogP contribution in [-0.2, 0) is 0 Å². The summed E-state index contributed by atoms with van der Waals surface area (Å²) >= 11 is 0. The van der Waals surface area contributed by atoms with Crippen molar-refractivity contribution in [3.63, 3.8) is 0 Å². The first-order chi connectivity index (χ1) is 24.0. The van der Waals surface area contributed by atoms with Crippen LogP contribution in [0, 0.1) is 13.8 Å². The minimum Gasteiger partial charge on any atom is -0.423 e. The quantitative estimate of drug-likeness (QED) is 0.186. The van der Waals surface area contributed by atoms with Crippen LogP contribution in [0.15, 0.2) is 152 Å². The number of hydrogen-bond donors (Lipinski definition) is 2. The van der Waals surface area contributed by atoms with Crippen LogP contribution in [0.3, 0.4) is 0 Å². The zero-order chi connectivity index (χ0) is 33.2. The van der Waals surface area contributed by atoms with Gasteiger partial charge in [-0.25, -0.2) is 0 Å². The fourth-order valence-electron chi connectivity index (χ4n) is 7.87. The molecule has 0 saturated carbocycles. The molecule has 0 fully saturated rings. The number of fused-ring (bicyclic) bond motifs is 7. The lowest BCUT2D eigenvalue weighted by Gasteiger charge is -2.16. The largest absolute Gasteiger partial charge is 0.488 e. The molecule has 49 heavy (non-hydrogen) atoms. The maximum Gasteiger partial charge on any atom is 0.488 e. The second kappa shape index (κ2) is 11.4. The summed E-state index contributed by atoms with van der Waals surface area (Å²) in [5.74, 6) is 0. The first kappa shape index (κ1) is 29.3. The molecule has 2 N–H and O–H groups in total. The molecule has 0 atom stereocenters. The maximum atomic E-state index is 9.99. The van der Waals surface area contributed by atoms with Crippen molar-refractivity contribution in [2.45, 2.75) is 13.8 Å². The average molecular weight is 633 g/mol. The van der Waals surface area contributed by atoms with Crippen LogP contribution in [0.4, 0.5) is 0 Å². The molecule has 7 aromatic carbocycles. The molecule has 0 amide bonds. The van der Waals surface area contributed by atoms with Crippen molar-refractivity contribution in [1.82, 2.24) is 9.13 Å². The van der Waals surface area contributed by atoms with Crippen molar-refractivity contribution < 1.29 is 10.0 Å². The molecule has 2 aromatic heterocycles. The van der Waals surface area contributed by atoms with E-state index in [4.69, 9.17) is 0 Å². The molecule has 9 aromatic rings. The smallest absolute Gasteiger partial charge is 0.423 e.